The normalized spacial score (nSPS) is 16.2. The Bertz CT molecular complexity index is 609. The molecule has 1 atom stereocenters. The second kappa shape index (κ2) is 6.86. The molecule has 1 aliphatic rings. The van der Waals surface area contributed by atoms with E-state index in [4.69, 9.17) is 0 Å². The molecule has 0 saturated heterocycles. The van der Waals surface area contributed by atoms with Crippen LogP contribution >= 0.6 is 11.3 Å². The number of halogens is 1. The first kappa shape index (κ1) is 15.6. The SMILES string of the molecule is Cc1ncsc1CCN(CC(O)c1ccc(F)cc1)C1CC1. The van der Waals surface area contributed by atoms with Crippen LogP contribution in [0.15, 0.2) is 29.8 Å². The molecule has 0 amide bonds. The molecule has 1 unspecified atom stereocenters. The molecule has 5 heteroatoms. The fourth-order valence-corrected chi connectivity index (χ4v) is 3.46. The Morgan fingerprint density at radius 3 is 2.68 bits per heavy atom. The van der Waals surface area contributed by atoms with E-state index in [1.807, 2.05) is 12.4 Å². The second-order valence-electron chi connectivity index (χ2n) is 5.90. The standard InChI is InChI=1S/C17H21FN2OS/c1-12-17(22-11-19-12)8-9-20(15-6-7-15)10-16(21)13-2-4-14(18)5-3-13/h2-5,11,15-16,21H,6-10H2,1H3. The van der Waals surface area contributed by atoms with Gasteiger partial charge in [-0.1, -0.05) is 12.1 Å². The number of aromatic nitrogens is 1. The summed E-state index contributed by atoms with van der Waals surface area (Å²) in [4.78, 5) is 7.96. The van der Waals surface area contributed by atoms with Gasteiger partial charge in [0.25, 0.3) is 0 Å². The predicted octanol–water partition coefficient (Wildman–Crippen LogP) is 3.33. The molecular weight excluding hydrogens is 299 g/mol. The lowest BCUT2D eigenvalue weighted by Crippen LogP contribution is -2.32. The van der Waals surface area contributed by atoms with E-state index in [2.05, 4.69) is 9.88 Å². The summed E-state index contributed by atoms with van der Waals surface area (Å²) >= 11 is 1.70. The highest BCUT2D eigenvalue weighted by molar-refractivity contribution is 7.09. The minimum Gasteiger partial charge on any atom is -0.387 e. The number of hydrogen-bond acceptors (Lipinski definition) is 4. The molecule has 0 aliphatic heterocycles. The van der Waals surface area contributed by atoms with Gasteiger partial charge in [0.15, 0.2) is 0 Å². The molecule has 1 aromatic heterocycles. The first-order chi connectivity index (χ1) is 10.6. The highest BCUT2D eigenvalue weighted by Gasteiger charge is 2.30. The van der Waals surface area contributed by atoms with Gasteiger partial charge in [0, 0.05) is 24.0 Å². The summed E-state index contributed by atoms with van der Waals surface area (Å²) in [5.41, 5.74) is 3.78. The zero-order chi connectivity index (χ0) is 15.5. The average molecular weight is 320 g/mol. The Morgan fingerprint density at radius 1 is 1.36 bits per heavy atom. The second-order valence-corrected chi connectivity index (χ2v) is 6.84. The highest BCUT2D eigenvalue weighted by Crippen LogP contribution is 2.29. The molecular formula is C17H21FN2OS. The summed E-state index contributed by atoms with van der Waals surface area (Å²) in [5, 5.41) is 10.4. The zero-order valence-corrected chi connectivity index (χ0v) is 13.5. The molecule has 118 valence electrons. The van der Waals surface area contributed by atoms with E-state index < -0.39 is 6.10 Å². The van der Waals surface area contributed by atoms with Crippen molar-refractivity contribution in [2.45, 2.75) is 38.3 Å². The summed E-state index contributed by atoms with van der Waals surface area (Å²) in [5.74, 6) is -0.268. The molecule has 1 heterocycles. The summed E-state index contributed by atoms with van der Waals surface area (Å²) < 4.78 is 13.0. The number of nitrogens with zero attached hydrogens (tertiary/aromatic N) is 2. The van der Waals surface area contributed by atoms with Crippen molar-refractivity contribution in [1.82, 2.24) is 9.88 Å². The molecule has 0 spiro atoms. The van der Waals surface area contributed by atoms with Gasteiger partial charge in [0.2, 0.25) is 0 Å². The van der Waals surface area contributed by atoms with E-state index in [0.29, 0.717) is 12.6 Å². The lowest BCUT2D eigenvalue weighted by molar-refractivity contribution is 0.109. The van der Waals surface area contributed by atoms with Crippen LogP contribution in [-0.2, 0) is 6.42 Å². The van der Waals surface area contributed by atoms with Gasteiger partial charge < -0.3 is 5.11 Å². The largest absolute Gasteiger partial charge is 0.387 e. The van der Waals surface area contributed by atoms with Crippen LogP contribution in [0.4, 0.5) is 4.39 Å². The minimum atomic E-state index is -0.566. The van der Waals surface area contributed by atoms with Gasteiger partial charge >= 0.3 is 0 Å². The summed E-state index contributed by atoms with van der Waals surface area (Å²) in [6, 6.07) is 6.72. The van der Waals surface area contributed by atoms with Crippen molar-refractivity contribution in [1.29, 1.82) is 0 Å². The summed E-state index contributed by atoms with van der Waals surface area (Å²) in [7, 11) is 0. The molecule has 1 saturated carbocycles. The number of aryl methyl sites for hydroxylation is 1. The molecule has 1 N–H and O–H groups in total. The molecule has 0 bridgehead atoms. The van der Waals surface area contributed by atoms with Gasteiger partial charge in [-0.2, -0.15) is 0 Å². The monoisotopic (exact) mass is 320 g/mol. The number of aliphatic hydroxyl groups excluding tert-OH is 1. The quantitative estimate of drug-likeness (QED) is 0.850. The molecule has 1 aliphatic carbocycles. The summed E-state index contributed by atoms with van der Waals surface area (Å²) in [6.07, 6.45) is 2.82. The van der Waals surface area contributed by atoms with Crippen molar-refractivity contribution in [3.63, 3.8) is 0 Å². The van der Waals surface area contributed by atoms with Crippen LogP contribution in [0.1, 0.15) is 35.1 Å². The maximum Gasteiger partial charge on any atom is 0.123 e. The van der Waals surface area contributed by atoms with E-state index >= 15 is 0 Å². The van der Waals surface area contributed by atoms with Crippen LogP contribution < -0.4 is 0 Å². The van der Waals surface area contributed by atoms with Crippen molar-refractivity contribution in [3.05, 3.63) is 51.7 Å². The minimum absolute atomic E-state index is 0.268. The maximum absolute atomic E-state index is 13.0. The van der Waals surface area contributed by atoms with Gasteiger partial charge in [-0.3, -0.25) is 4.90 Å². The molecule has 1 fully saturated rings. The van der Waals surface area contributed by atoms with Crippen LogP contribution in [0.2, 0.25) is 0 Å². The first-order valence-electron chi connectivity index (χ1n) is 7.70. The van der Waals surface area contributed by atoms with Crippen molar-refractivity contribution in [3.8, 4) is 0 Å². The van der Waals surface area contributed by atoms with Crippen LogP contribution in [-0.4, -0.2) is 34.1 Å². The van der Waals surface area contributed by atoms with Gasteiger partial charge in [-0.15, -0.1) is 11.3 Å². The molecule has 0 radical (unpaired) electrons. The number of hydrogen-bond donors (Lipinski definition) is 1. The van der Waals surface area contributed by atoms with E-state index in [0.717, 1.165) is 24.2 Å². The van der Waals surface area contributed by atoms with E-state index in [-0.39, 0.29) is 5.82 Å². The number of benzene rings is 1. The van der Waals surface area contributed by atoms with Gasteiger partial charge in [0.05, 0.1) is 17.3 Å². The third-order valence-corrected chi connectivity index (χ3v) is 5.19. The van der Waals surface area contributed by atoms with Crippen LogP contribution in [0, 0.1) is 12.7 Å². The Balaban J connectivity index is 1.59. The molecule has 3 nitrogen and oxygen atoms in total. The fraction of sp³-hybridized carbons (Fsp3) is 0.471. The summed E-state index contributed by atoms with van der Waals surface area (Å²) in [6.45, 7) is 3.58. The first-order valence-corrected chi connectivity index (χ1v) is 8.58. The predicted molar refractivity (Wildman–Crippen MR) is 86.5 cm³/mol. The van der Waals surface area contributed by atoms with Crippen LogP contribution in [0.5, 0.6) is 0 Å². The van der Waals surface area contributed by atoms with E-state index in [1.54, 1.807) is 23.5 Å². The average Bonchev–Trinajstić information content (AvgIpc) is 3.27. The van der Waals surface area contributed by atoms with Gasteiger partial charge in [0.1, 0.15) is 5.82 Å². The topological polar surface area (TPSA) is 36.4 Å². The Morgan fingerprint density at radius 2 is 2.09 bits per heavy atom. The van der Waals surface area contributed by atoms with Crippen molar-refractivity contribution < 1.29 is 9.50 Å². The molecule has 1 aromatic carbocycles. The van der Waals surface area contributed by atoms with Crippen molar-refractivity contribution in [2.75, 3.05) is 13.1 Å². The third-order valence-electron chi connectivity index (χ3n) is 4.20. The third kappa shape index (κ3) is 3.91. The Kier molecular flexibility index (Phi) is 4.86. The van der Waals surface area contributed by atoms with Crippen LogP contribution in [0.3, 0.4) is 0 Å². The van der Waals surface area contributed by atoms with E-state index in [1.165, 1.54) is 29.9 Å². The highest BCUT2D eigenvalue weighted by atomic mass is 32.1. The van der Waals surface area contributed by atoms with Crippen molar-refractivity contribution >= 4 is 11.3 Å². The van der Waals surface area contributed by atoms with Crippen LogP contribution in [0.25, 0.3) is 0 Å². The fourth-order valence-electron chi connectivity index (χ4n) is 2.69. The molecule has 22 heavy (non-hydrogen) atoms. The Hall–Kier alpha value is -1.30. The van der Waals surface area contributed by atoms with Gasteiger partial charge in [-0.05, 0) is 43.9 Å². The number of aliphatic hydroxyl groups is 1. The maximum atomic E-state index is 13.0. The zero-order valence-electron chi connectivity index (χ0n) is 12.7. The van der Waals surface area contributed by atoms with Crippen molar-refractivity contribution in [2.24, 2.45) is 0 Å². The van der Waals surface area contributed by atoms with Gasteiger partial charge in [-0.25, -0.2) is 9.37 Å². The molecule has 3 rings (SSSR count). The lowest BCUT2D eigenvalue weighted by Gasteiger charge is -2.25. The lowest BCUT2D eigenvalue weighted by atomic mass is 10.1. The molecule has 2 aromatic rings. The number of thiazole rings is 1. The number of rotatable bonds is 7. The Labute approximate surface area is 134 Å². The smallest absolute Gasteiger partial charge is 0.123 e. The van der Waals surface area contributed by atoms with E-state index in [9.17, 15) is 9.50 Å².